The first kappa shape index (κ1) is 22.8. The van der Waals surface area contributed by atoms with E-state index in [4.69, 9.17) is 9.47 Å². The van der Waals surface area contributed by atoms with E-state index in [0.717, 1.165) is 34.8 Å². The highest BCUT2D eigenvalue weighted by atomic mass is 32.1. The average Bonchev–Trinajstić information content (AvgIpc) is 3.29. The van der Waals surface area contributed by atoms with Gasteiger partial charge < -0.3 is 25.0 Å². The Morgan fingerprint density at radius 3 is 2.58 bits per heavy atom. The van der Waals surface area contributed by atoms with Crippen LogP contribution in [0.5, 0.6) is 5.75 Å². The van der Waals surface area contributed by atoms with Gasteiger partial charge in [0.05, 0.1) is 42.4 Å². The Bertz CT molecular complexity index is 1120. The first-order chi connectivity index (χ1) is 16.0. The molecule has 2 heterocycles. The summed E-state index contributed by atoms with van der Waals surface area (Å²) >= 11 is 1.44. The SMILES string of the molecule is COc1ccc(C)cc1NC(=O)CNC(=O)c1cc(-c2ccccc2)c(N2CCOCC2)s1. The fourth-order valence-corrected chi connectivity index (χ4v) is 4.83. The predicted octanol–water partition coefficient (Wildman–Crippen LogP) is 3.94. The maximum absolute atomic E-state index is 12.9. The van der Waals surface area contributed by atoms with E-state index in [0.29, 0.717) is 29.5 Å². The number of benzene rings is 2. The molecule has 0 atom stereocenters. The number of rotatable bonds is 7. The van der Waals surface area contributed by atoms with Crippen molar-refractivity contribution in [1.82, 2.24) is 5.32 Å². The van der Waals surface area contributed by atoms with Crippen LogP contribution < -0.4 is 20.3 Å². The number of aryl methyl sites for hydroxylation is 1. The summed E-state index contributed by atoms with van der Waals surface area (Å²) in [5.74, 6) is -0.0234. The molecule has 0 saturated carbocycles. The Labute approximate surface area is 197 Å². The number of methoxy groups -OCH3 is 1. The highest BCUT2D eigenvalue weighted by Crippen LogP contribution is 2.39. The van der Waals surface area contributed by atoms with Gasteiger partial charge in [-0.3, -0.25) is 9.59 Å². The van der Waals surface area contributed by atoms with Crippen LogP contribution in [0, 0.1) is 6.92 Å². The third-order valence-electron chi connectivity index (χ3n) is 5.36. The lowest BCUT2D eigenvalue weighted by molar-refractivity contribution is -0.115. The van der Waals surface area contributed by atoms with Gasteiger partial charge in [0.25, 0.3) is 5.91 Å². The van der Waals surface area contributed by atoms with Gasteiger partial charge in [0.15, 0.2) is 0 Å². The van der Waals surface area contributed by atoms with E-state index in [1.54, 1.807) is 13.2 Å². The van der Waals surface area contributed by atoms with Gasteiger partial charge in [0, 0.05) is 18.7 Å². The number of hydrogen-bond donors (Lipinski definition) is 2. The Kier molecular flexibility index (Phi) is 7.26. The minimum absolute atomic E-state index is 0.138. The van der Waals surface area contributed by atoms with Crippen LogP contribution in [-0.2, 0) is 9.53 Å². The van der Waals surface area contributed by atoms with Gasteiger partial charge in [0.2, 0.25) is 5.91 Å². The van der Waals surface area contributed by atoms with Crippen molar-refractivity contribution in [2.75, 3.05) is 50.2 Å². The minimum atomic E-state index is -0.319. The number of thiophene rings is 1. The average molecular weight is 466 g/mol. The van der Waals surface area contributed by atoms with E-state index in [-0.39, 0.29) is 18.4 Å². The van der Waals surface area contributed by atoms with Crippen LogP contribution in [0.4, 0.5) is 10.7 Å². The molecule has 0 aliphatic carbocycles. The molecule has 8 heteroatoms. The second-order valence-corrected chi connectivity index (χ2v) is 8.76. The first-order valence-corrected chi connectivity index (χ1v) is 11.6. The van der Waals surface area contributed by atoms with Crippen molar-refractivity contribution in [3.8, 4) is 16.9 Å². The summed E-state index contributed by atoms with van der Waals surface area (Å²) < 4.78 is 10.8. The van der Waals surface area contributed by atoms with Crippen LogP contribution in [0.2, 0.25) is 0 Å². The number of anilines is 2. The van der Waals surface area contributed by atoms with E-state index >= 15 is 0 Å². The second-order valence-electron chi connectivity index (χ2n) is 7.73. The first-order valence-electron chi connectivity index (χ1n) is 10.8. The van der Waals surface area contributed by atoms with Crippen molar-refractivity contribution in [2.45, 2.75) is 6.92 Å². The van der Waals surface area contributed by atoms with Crippen LogP contribution >= 0.6 is 11.3 Å². The normalized spacial score (nSPS) is 13.5. The Hall–Kier alpha value is -3.36. The molecule has 0 bridgehead atoms. The van der Waals surface area contributed by atoms with Crippen molar-refractivity contribution >= 4 is 33.8 Å². The molecule has 0 unspecified atom stereocenters. The van der Waals surface area contributed by atoms with Gasteiger partial charge >= 0.3 is 0 Å². The zero-order valence-corrected chi connectivity index (χ0v) is 19.5. The number of hydrogen-bond acceptors (Lipinski definition) is 6. The van der Waals surface area contributed by atoms with Crippen LogP contribution in [-0.4, -0.2) is 51.8 Å². The molecule has 1 aromatic heterocycles. The number of carbonyl (C=O) groups excluding carboxylic acids is 2. The number of ether oxygens (including phenoxy) is 2. The number of nitrogens with one attached hydrogen (secondary N) is 2. The van der Waals surface area contributed by atoms with Crippen LogP contribution in [0.3, 0.4) is 0 Å². The van der Waals surface area contributed by atoms with E-state index < -0.39 is 0 Å². The van der Waals surface area contributed by atoms with Gasteiger partial charge in [-0.1, -0.05) is 36.4 Å². The molecule has 1 saturated heterocycles. The lowest BCUT2D eigenvalue weighted by Gasteiger charge is -2.28. The summed E-state index contributed by atoms with van der Waals surface area (Å²) in [4.78, 5) is 28.2. The standard InChI is InChI=1S/C25H27N3O4S/c1-17-8-9-21(31-2)20(14-17)27-23(29)16-26-24(30)22-15-19(18-6-4-3-5-7-18)25(33-22)28-10-12-32-13-11-28/h3-9,14-15H,10-13,16H2,1-2H3,(H,26,30)(H,27,29). The third kappa shape index (κ3) is 5.53. The number of morpholine rings is 1. The lowest BCUT2D eigenvalue weighted by atomic mass is 10.1. The molecule has 33 heavy (non-hydrogen) atoms. The van der Waals surface area contributed by atoms with E-state index in [2.05, 4.69) is 15.5 Å². The molecule has 3 aromatic rings. The van der Waals surface area contributed by atoms with Crippen LogP contribution in [0.15, 0.2) is 54.6 Å². The van der Waals surface area contributed by atoms with Gasteiger partial charge in [-0.05, 0) is 36.2 Å². The Morgan fingerprint density at radius 1 is 1.09 bits per heavy atom. The van der Waals surface area contributed by atoms with E-state index in [1.165, 1.54) is 11.3 Å². The molecule has 172 valence electrons. The van der Waals surface area contributed by atoms with Gasteiger partial charge in [-0.2, -0.15) is 0 Å². The number of carbonyl (C=O) groups is 2. The van der Waals surface area contributed by atoms with Gasteiger partial charge in [0.1, 0.15) is 5.75 Å². The summed E-state index contributed by atoms with van der Waals surface area (Å²) in [5.41, 5.74) is 3.65. The molecule has 2 aromatic carbocycles. The molecule has 2 N–H and O–H groups in total. The van der Waals surface area contributed by atoms with Crippen LogP contribution in [0.1, 0.15) is 15.2 Å². The largest absolute Gasteiger partial charge is 0.495 e. The fourth-order valence-electron chi connectivity index (χ4n) is 3.68. The molecule has 0 spiro atoms. The summed E-state index contributed by atoms with van der Waals surface area (Å²) in [7, 11) is 1.55. The van der Waals surface area contributed by atoms with Gasteiger partial charge in [-0.15, -0.1) is 11.3 Å². The molecule has 1 aliphatic rings. The minimum Gasteiger partial charge on any atom is -0.495 e. The Morgan fingerprint density at radius 2 is 1.85 bits per heavy atom. The highest BCUT2D eigenvalue weighted by molar-refractivity contribution is 7.18. The monoisotopic (exact) mass is 465 g/mol. The molecular weight excluding hydrogens is 438 g/mol. The zero-order chi connectivity index (χ0) is 23.2. The van der Waals surface area contributed by atoms with Crippen molar-refractivity contribution < 1.29 is 19.1 Å². The Balaban J connectivity index is 1.47. The van der Waals surface area contributed by atoms with Crippen molar-refractivity contribution in [2.24, 2.45) is 0 Å². The van der Waals surface area contributed by atoms with Crippen molar-refractivity contribution in [3.63, 3.8) is 0 Å². The van der Waals surface area contributed by atoms with E-state index in [9.17, 15) is 9.59 Å². The van der Waals surface area contributed by atoms with Crippen molar-refractivity contribution in [3.05, 3.63) is 65.0 Å². The summed E-state index contributed by atoms with van der Waals surface area (Å²) in [6, 6.07) is 17.5. The highest BCUT2D eigenvalue weighted by Gasteiger charge is 2.22. The molecule has 1 aliphatic heterocycles. The van der Waals surface area contributed by atoms with E-state index in [1.807, 2.05) is 55.5 Å². The molecule has 1 fully saturated rings. The molecule has 7 nitrogen and oxygen atoms in total. The number of amides is 2. The molecule has 4 rings (SSSR count). The summed E-state index contributed by atoms with van der Waals surface area (Å²) in [6.45, 7) is 4.68. The topological polar surface area (TPSA) is 79.9 Å². The van der Waals surface area contributed by atoms with Crippen molar-refractivity contribution in [1.29, 1.82) is 0 Å². The quantitative estimate of drug-likeness (QED) is 0.553. The number of nitrogens with zero attached hydrogens (tertiary/aromatic N) is 1. The third-order valence-corrected chi connectivity index (χ3v) is 6.55. The maximum Gasteiger partial charge on any atom is 0.261 e. The summed E-state index contributed by atoms with van der Waals surface area (Å²) in [5, 5.41) is 6.59. The van der Waals surface area contributed by atoms with Gasteiger partial charge in [-0.25, -0.2) is 0 Å². The molecule has 0 radical (unpaired) electrons. The predicted molar refractivity (Wildman–Crippen MR) is 131 cm³/mol. The summed E-state index contributed by atoms with van der Waals surface area (Å²) in [6.07, 6.45) is 0. The molecular formula is C25H27N3O4S. The van der Waals surface area contributed by atoms with Crippen LogP contribution in [0.25, 0.3) is 11.1 Å². The maximum atomic E-state index is 12.9. The lowest BCUT2D eigenvalue weighted by Crippen LogP contribution is -2.36. The zero-order valence-electron chi connectivity index (χ0n) is 18.7. The fraction of sp³-hybridized carbons (Fsp3) is 0.280. The molecule has 2 amide bonds. The smallest absolute Gasteiger partial charge is 0.261 e. The second kappa shape index (κ2) is 10.5.